The molecule has 0 saturated heterocycles. The zero-order valence-corrected chi connectivity index (χ0v) is 31.4. The highest BCUT2D eigenvalue weighted by Crippen LogP contribution is 2.63. The standard InChI is InChI=1S/C52H31N3OS/c1-3-13-32(14-4-1)33-23-25-35(26-24-33)50-53-49(34-15-5-2-6-16-34)54-51(55-50)36-27-29-45-39(31-36)47-46(57-45)30-28-43-48(47)56-44-22-12-11-21-42(44)52(43)40-19-9-7-17-37(40)38-18-8-10-20-41(38)52/h1-31H. The van der Waals surface area contributed by atoms with Gasteiger partial charge in [-0.1, -0.05) is 158 Å². The van der Waals surface area contributed by atoms with E-state index in [1.807, 2.05) is 36.4 Å². The third-order valence-electron chi connectivity index (χ3n) is 11.6. The first-order valence-electron chi connectivity index (χ1n) is 19.2. The van der Waals surface area contributed by atoms with Crippen LogP contribution in [0.1, 0.15) is 22.3 Å². The first-order valence-corrected chi connectivity index (χ1v) is 20.0. The lowest BCUT2D eigenvalue weighted by Crippen LogP contribution is -2.32. The van der Waals surface area contributed by atoms with Gasteiger partial charge in [-0.2, -0.15) is 0 Å². The Morgan fingerprint density at radius 2 is 0.877 bits per heavy atom. The van der Waals surface area contributed by atoms with Crippen LogP contribution in [0.2, 0.25) is 0 Å². The molecule has 0 radical (unpaired) electrons. The molecule has 0 fully saturated rings. The molecule has 1 aliphatic heterocycles. The van der Waals surface area contributed by atoms with Crippen LogP contribution in [0, 0.1) is 0 Å². The Morgan fingerprint density at radius 1 is 0.386 bits per heavy atom. The van der Waals surface area contributed by atoms with Crippen molar-refractivity contribution in [2.45, 2.75) is 5.41 Å². The van der Waals surface area contributed by atoms with E-state index in [1.54, 1.807) is 11.3 Å². The Labute approximate surface area is 333 Å². The van der Waals surface area contributed by atoms with Crippen LogP contribution in [-0.2, 0) is 5.41 Å². The SMILES string of the molecule is c1ccc(-c2ccc(-c3nc(-c4ccccc4)nc(-c4ccc5sc6ccc7c(c6c5c4)Oc4ccccc4C74c5ccccc5-c5ccccc54)n3)cc2)cc1. The molecule has 0 atom stereocenters. The summed E-state index contributed by atoms with van der Waals surface area (Å²) in [7, 11) is 0. The maximum absolute atomic E-state index is 7.08. The van der Waals surface area contributed by atoms with Crippen molar-refractivity contribution in [2.24, 2.45) is 0 Å². The Morgan fingerprint density at radius 3 is 1.56 bits per heavy atom. The van der Waals surface area contributed by atoms with Gasteiger partial charge in [0.1, 0.15) is 11.5 Å². The zero-order chi connectivity index (χ0) is 37.5. The van der Waals surface area contributed by atoms with Gasteiger partial charge in [-0.15, -0.1) is 11.3 Å². The van der Waals surface area contributed by atoms with Crippen molar-refractivity contribution in [3.8, 4) is 67.9 Å². The van der Waals surface area contributed by atoms with Gasteiger partial charge in [0, 0.05) is 48.0 Å². The Kier molecular flexibility index (Phi) is 6.98. The molecule has 10 aromatic rings. The van der Waals surface area contributed by atoms with Gasteiger partial charge in [-0.25, -0.2) is 15.0 Å². The van der Waals surface area contributed by atoms with Crippen LogP contribution in [-0.4, -0.2) is 15.0 Å². The Hall–Kier alpha value is -7.21. The number of hydrogen-bond acceptors (Lipinski definition) is 5. The fraction of sp³-hybridized carbons (Fsp3) is 0.0192. The molecule has 5 heteroatoms. The molecular weight excluding hydrogens is 715 g/mol. The number of nitrogens with zero attached hydrogens (tertiary/aromatic N) is 3. The predicted octanol–water partition coefficient (Wildman–Crippen LogP) is 13.4. The number of ether oxygens (including phenoxy) is 1. The summed E-state index contributed by atoms with van der Waals surface area (Å²) in [6.07, 6.45) is 0. The van der Waals surface area contributed by atoms with E-state index in [0.717, 1.165) is 55.7 Å². The molecule has 266 valence electrons. The topological polar surface area (TPSA) is 47.9 Å². The summed E-state index contributed by atoms with van der Waals surface area (Å²) in [6, 6.07) is 66.5. The lowest BCUT2D eigenvalue weighted by molar-refractivity contribution is 0.442. The van der Waals surface area contributed by atoms with Crippen LogP contribution >= 0.6 is 11.3 Å². The first kappa shape index (κ1) is 32.1. The molecule has 8 aromatic carbocycles. The largest absolute Gasteiger partial charge is 0.456 e. The zero-order valence-electron chi connectivity index (χ0n) is 30.6. The molecule has 2 aromatic heterocycles. The second-order valence-corrected chi connectivity index (χ2v) is 15.8. The molecule has 1 aliphatic carbocycles. The second-order valence-electron chi connectivity index (χ2n) is 14.7. The molecular formula is C52H31N3OS. The second kappa shape index (κ2) is 12.4. The molecule has 4 nitrogen and oxygen atoms in total. The van der Waals surface area contributed by atoms with Gasteiger partial charge in [-0.3, -0.25) is 0 Å². The lowest BCUT2D eigenvalue weighted by atomic mass is 9.66. The van der Waals surface area contributed by atoms with E-state index in [-0.39, 0.29) is 0 Å². The average Bonchev–Trinajstić information content (AvgIpc) is 3.81. The summed E-state index contributed by atoms with van der Waals surface area (Å²) in [6.45, 7) is 0. The predicted molar refractivity (Wildman–Crippen MR) is 232 cm³/mol. The third kappa shape index (κ3) is 4.76. The Balaban J connectivity index is 1.07. The van der Waals surface area contributed by atoms with E-state index in [9.17, 15) is 0 Å². The van der Waals surface area contributed by atoms with E-state index in [4.69, 9.17) is 19.7 Å². The summed E-state index contributed by atoms with van der Waals surface area (Å²) in [5.74, 6) is 3.68. The van der Waals surface area contributed by atoms with E-state index < -0.39 is 5.41 Å². The van der Waals surface area contributed by atoms with Crippen LogP contribution in [0.3, 0.4) is 0 Å². The van der Waals surface area contributed by atoms with Gasteiger partial charge < -0.3 is 4.74 Å². The van der Waals surface area contributed by atoms with Gasteiger partial charge in [0.25, 0.3) is 0 Å². The fourth-order valence-electron chi connectivity index (χ4n) is 9.11. The van der Waals surface area contributed by atoms with E-state index in [2.05, 4.69) is 152 Å². The monoisotopic (exact) mass is 745 g/mol. The summed E-state index contributed by atoms with van der Waals surface area (Å²) < 4.78 is 9.44. The number of fused-ring (bicyclic) bond motifs is 13. The van der Waals surface area contributed by atoms with E-state index >= 15 is 0 Å². The molecule has 3 heterocycles. The molecule has 0 N–H and O–H groups in total. The van der Waals surface area contributed by atoms with Crippen molar-refractivity contribution in [1.82, 2.24) is 15.0 Å². The minimum atomic E-state index is -0.527. The van der Waals surface area contributed by atoms with Crippen LogP contribution in [0.25, 0.3) is 76.6 Å². The average molecular weight is 746 g/mol. The number of rotatable bonds is 4. The third-order valence-corrected chi connectivity index (χ3v) is 12.8. The molecule has 0 saturated carbocycles. The van der Waals surface area contributed by atoms with Crippen molar-refractivity contribution >= 4 is 31.5 Å². The van der Waals surface area contributed by atoms with Crippen molar-refractivity contribution < 1.29 is 4.74 Å². The number of para-hydroxylation sites is 1. The maximum atomic E-state index is 7.08. The molecule has 0 amide bonds. The number of benzene rings is 8. The van der Waals surface area contributed by atoms with Crippen molar-refractivity contribution in [2.75, 3.05) is 0 Å². The molecule has 1 spiro atoms. The minimum Gasteiger partial charge on any atom is -0.456 e. The van der Waals surface area contributed by atoms with Crippen LogP contribution < -0.4 is 4.74 Å². The van der Waals surface area contributed by atoms with Crippen LogP contribution in [0.5, 0.6) is 11.5 Å². The van der Waals surface area contributed by atoms with E-state index in [0.29, 0.717) is 17.5 Å². The summed E-state index contributed by atoms with van der Waals surface area (Å²) in [4.78, 5) is 15.3. The number of hydrogen-bond donors (Lipinski definition) is 0. The molecule has 57 heavy (non-hydrogen) atoms. The maximum Gasteiger partial charge on any atom is 0.164 e. The van der Waals surface area contributed by atoms with Crippen molar-refractivity contribution in [3.63, 3.8) is 0 Å². The van der Waals surface area contributed by atoms with Gasteiger partial charge in [-0.05, 0) is 63.7 Å². The van der Waals surface area contributed by atoms with Crippen molar-refractivity contribution in [1.29, 1.82) is 0 Å². The smallest absolute Gasteiger partial charge is 0.164 e. The quantitative estimate of drug-likeness (QED) is 0.180. The Bertz CT molecular complexity index is 3160. The van der Waals surface area contributed by atoms with Gasteiger partial charge in [0.2, 0.25) is 0 Å². The summed E-state index contributed by atoms with van der Waals surface area (Å²) in [5.41, 5.74) is 12.0. The number of thiophene rings is 1. The molecule has 0 bridgehead atoms. The fourth-order valence-corrected chi connectivity index (χ4v) is 10.2. The van der Waals surface area contributed by atoms with Crippen molar-refractivity contribution in [3.05, 3.63) is 210 Å². The summed E-state index contributed by atoms with van der Waals surface area (Å²) >= 11 is 1.79. The number of aromatic nitrogens is 3. The van der Waals surface area contributed by atoms with Gasteiger partial charge in [0.05, 0.1) is 5.41 Å². The van der Waals surface area contributed by atoms with Crippen LogP contribution in [0.4, 0.5) is 0 Å². The molecule has 12 rings (SSSR count). The minimum absolute atomic E-state index is 0.527. The highest BCUT2D eigenvalue weighted by atomic mass is 32.1. The normalized spacial score (nSPS) is 13.2. The van der Waals surface area contributed by atoms with Gasteiger partial charge in [0.15, 0.2) is 17.5 Å². The van der Waals surface area contributed by atoms with Gasteiger partial charge >= 0.3 is 0 Å². The van der Waals surface area contributed by atoms with Crippen LogP contribution in [0.15, 0.2) is 188 Å². The molecule has 0 unspecified atom stereocenters. The van der Waals surface area contributed by atoms with E-state index in [1.165, 1.54) is 37.2 Å². The highest BCUT2D eigenvalue weighted by molar-refractivity contribution is 7.25. The molecule has 2 aliphatic rings. The highest BCUT2D eigenvalue weighted by Gasteiger charge is 2.51. The first-order chi connectivity index (χ1) is 28.2. The lowest BCUT2D eigenvalue weighted by Gasteiger charge is -2.39. The summed E-state index contributed by atoms with van der Waals surface area (Å²) in [5, 5.41) is 2.23.